The van der Waals surface area contributed by atoms with Gasteiger partial charge in [-0.05, 0) is 114 Å². The SMILES string of the molecule is CC12C=C(c3ccc4c(c3)c3ccccc3n4-c3ccc4ccccc4c3)C3(C)C(C4=C(CCC=C4)N3c3ccc(-c4ccccc4)cc3)C1Oc1ccccc12. The minimum Gasteiger partial charge on any atom is -0.488 e. The van der Waals surface area contributed by atoms with E-state index in [4.69, 9.17) is 4.74 Å². The van der Waals surface area contributed by atoms with E-state index in [1.165, 1.54) is 83.1 Å². The monoisotopic (exact) mass is 734 g/mol. The molecule has 0 saturated carbocycles. The lowest BCUT2D eigenvalue weighted by Gasteiger charge is -2.52. The van der Waals surface area contributed by atoms with E-state index in [0.29, 0.717) is 0 Å². The van der Waals surface area contributed by atoms with Crippen molar-refractivity contribution in [3.8, 4) is 22.6 Å². The van der Waals surface area contributed by atoms with E-state index in [0.717, 1.165) is 18.6 Å². The van der Waals surface area contributed by atoms with Crippen molar-refractivity contribution in [2.75, 3.05) is 4.90 Å². The third-order valence-electron chi connectivity index (χ3n) is 13.7. The Hall–Kier alpha value is -6.58. The van der Waals surface area contributed by atoms with Gasteiger partial charge in [-0.15, -0.1) is 0 Å². The van der Waals surface area contributed by atoms with Crippen molar-refractivity contribution >= 4 is 43.8 Å². The van der Waals surface area contributed by atoms with Gasteiger partial charge in [-0.3, -0.25) is 0 Å². The summed E-state index contributed by atoms with van der Waals surface area (Å²) in [5.41, 5.74) is 13.3. The van der Waals surface area contributed by atoms with Crippen LogP contribution in [0.5, 0.6) is 5.75 Å². The largest absolute Gasteiger partial charge is 0.488 e. The third kappa shape index (κ3) is 4.54. The van der Waals surface area contributed by atoms with Crippen LogP contribution in [-0.4, -0.2) is 16.2 Å². The maximum absolute atomic E-state index is 7.16. The zero-order chi connectivity index (χ0) is 37.9. The summed E-state index contributed by atoms with van der Waals surface area (Å²) in [6.07, 6.45) is 9.38. The smallest absolute Gasteiger partial charge is 0.124 e. The molecule has 0 radical (unpaired) electrons. The second kappa shape index (κ2) is 12.0. The number of hydrogen-bond donors (Lipinski definition) is 0. The fourth-order valence-electron chi connectivity index (χ4n) is 11.1. The minimum absolute atomic E-state index is 0.0523. The summed E-state index contributed by atoms with van der Waals surface area (Å²) in [6.45, 7) is 4.91. The van der Waals surface area contributed by atoms with Gasteiger partial charge < -0.3 is 14.2 Å². The standard InChI is InChI=1S/C54H42N2O/c1-53-34-46(39-27-31-48-44(33-39)42-18-8-11-21-47(42)55(48)41-30-26-36-16-6-7-17-38(36)32-41)54(2)51(52(53)57-50-23-13-10-20-45(50)53)43-19-9-12-22-49(43)56(54)40-28-24-37(25-29-40)35-14-4-3-5-15-35/h3-11,13-21,23-34,51-52H,12,22H2,1-2H3. The molecule has 0 fully saturated rings. The van der Waals surface area contributed by atoms with E-state index in [1.807, 2.05) is 0 Å². The first-order chi connectivity index (χ1) is 28.0. The van der Waals surface area contributed by atoms with Gasteiger partial charge in [0.1, 0.15) is 11.9 Å². The van der Waals surface area contributed by atoms with Crippen molar-refractivity contribution in [3.63, 3.8) is 0 Å². The molecule has 8 aromatic rings. The molecular weight excluding hydrogens is 693 g/mol. The highest BCUT2D eigenvalue weighted by atomic mass is 16.5. The molecule has 4 atom stereocenters. The van der Waals surface area contributed by atoms with Crippen molar-refractivity contribution in [1.82, 2.24) is 4.57 Å². The summed E-state index contributed by atoms with van der Waals surface area (Å²) in [5, 5.41) is 5.03. The number of para-hydroxylation sites is 2. The van der Waals surface area contributed by atoms with E-state index in [9.17, 15) is 0 Å². The average molecular weight is 735 g/mol. The molecule has 1 aromatic heterocycles. The lowest BCUT2D eigenvalue weighted by Crippen LogP contribution is -2.58. The molecule has 4 aliphatic rings. The summed E-state index contributed by atoms with van der Waals surface area (Å²) in [4.78, 5) is 2.70. The van der Waals surface area contributed by atoms with Gasteiger partial charge in [0.25, 0.3) is 0 Å². The first kappa shape index (κ1) is 32.6. The van der Waals surface area contributed by atoms with Gasteiger partial charge >= 0.3 is 0 Å². The van der Waals surface area contributed by atoms with Crippen molar-refractivity contribution < 1.29 is 4.74 Å². The maximum Gasteiger partial charge on any atom is 0.124 e. The summed E-state index contributed by atoms with van der Waals surface area (Å²) < 4.78 is 9.60. The number of fused-ring (bicyclic) bond motifs is 10. The molecule has 3 heterocycles. The molecular formula is C54H42N2O. The maximum atomic E-state index is 7.16. The van der Waals surface area contributed by atoms with Crippen LogP contribution in [0.2, 0.25) is 0 Å². The molecule has 0 amide bonds. The third-order valence-corrected chi connectivity index (χ3v) is 13.7. The first-order valence-electron chi connectivity index (χ1n) is 20.4. The Kier molecular flexibility index (Phi) is 6.85. The normalized spacial score (nSPS) is 23.3. The van der Waals surface area contributed by atoms with E-state index in [-0.39, 0.29) is 17.4 Å². The van der Waals surface area contributed by atoms with Crippen LogP contribution in [0.25, 0.3) is 55.0 Å². The van der Waals surface area contributed by atoms with Crippen LogP contribution in [0.1, 0.15) is 37.8 Å². The van der Waals surface area contributed by atoms with Crippen molar-refractivity contribution in [2.24, 2.45) is 5.92 Å². The molecule has 274 valence electrons. The number of aromatic nitrogens is 1. The van der Waals surface area contributed by atoms with Crippen molar-refractivity contribution in [1.29, 1.82) is 0 Å². The molecule has 12 rings (SSSR count). The Bertz CT molecular complexity index is 3040. The number of hydrogen-bond acceptors (Lipinski definition) is 2. The van der Waals surface area contributed by atoms with Crippen LogP contribution in [0.4, 0.5) is 5.69 Å². The van der Waals surface area contributed by atoms with Gasteiger partial charge in [0, 0.05) is 33.4 Å². The summed E-state index contributed by atoms with van der Waals surface area (Å²) in [7, 11) is 0. The van der Waals surface area contributed by atoms with Crippen molar-refractivity contribution in [3.05, 3.63) is 204 Å². The molecule has 0 spiro atoms. The van der Waals surface area contributed by atoms with Crippen LogP contribution in [0, 0.1) is 5.92 Å². The highest BCUT2D eigenvalue weighted by molar-refractivity contribution is 6.10. The van der Waals surface area contributed by atoms with E-state index in [2.05, 4.69) is 205 Å². The molecule has 0 saturated heterocycles. The van der Waals surface area contributed by atoms with Crippen LogP contribution in [0.15, 0.2) is 193 Å². The number of ether oxygens (including phenoxy) is 1. The number of rotatable bonds is 4. The van der Waals surface area contributed by atoms with Gasteiger partial charge in [0.2, 0.25) is 0 Å². The number of nitrogens with zero attached hydrogens (tertiary/aromatic N) is 2. The number of benzene rings is 7. The highest BCUT2D eigenvalue weighted by Crippen LogP contribution is 2.64. The van der Waals surface area contributed by atoms with Gasteiger partial charge in [-0.1, -0.05) is 133 Å². The van der Waals surface area contributed by atoms with Crippen LogP contribution in [-0.2, 0) is 5.41 Å². The van der Waals surface area contributed by atoms with E-state index >= 15 is 0 Å². The topological polar surface area (TPSA) is 17.4 Å². The average Bonchev–Trinajstić information content (AvgIpc) is 3.85. The van der Waals surface area contributed by atoms with Gasteiger partial charge in [-0.2, -0.15) is 0 Å². The predicted molar refractivity (Wildman–Crippen MR) is 236 cm³/mol. The Morgan fingerprint density at radius 2 is 1.30 bits per heavy atom. The lowest BCUT2D eigenvalue weighted by molar-refractivity contribution is 0.102. The Balaban J connectivity index is 1.09. The fraction of sp³-hybridized carbons (Fsp3) is 0.148. The summed E-state index contributed by atoms with van der Waals surface area (Å²) >= 11 is 0. The van der Waals surface area contributed by atoms with Crippen LogP contribution >= 0.6 is 0 Å². The second-order valence-corrected chi connectivity index (χ2v) is 16.7. The molecule has 3 nitrogen and oxygen atoms in total. The second-order valence-electron chi connectivity index (χ2n) is 16.7. The molecule has 4 unspecified atom stereocenters. The Morgan fingerprint density at radius 1 is 0.596 bits per heavy atom. The quantitative estimate of drug-likeness (QED) is 0.179. The van der Waals surface area contributed by atoms with Gasteiger partial charge in [-0.25, -0.2) is 0 Å². The molecule has 57 heavy (non-hydrogen) atoms. The van der Waals surface area contributed by atoms with Gasteiger partial charge in [0.15, 0.2) is 0 Å². The first-order valence-corrected chi connectivity index (χ1v) is 20.4. The summed E-state index contributed by atoms with van der Waals surface area (Å²) in [5.74, 6) is 1.11. The number of allylic oxidation sites excluding steroid dienone is 3. The molecule has 3 heteroatoms. The number of anilines is 1. The Labute approximate surface area is 333 Å². The zero-order valence-corrected chi connectivity index (χ0v) is 32.2. The predicted octanol–water partition coefficient (Wildman–Crippen LogP) is 13.2. The lowest BCUT2D eigenvalue weighted by atomic mass is 9.58. The Morgan fingerprint density at radius 3 is 2.18 bits per heavy atom. The van der Waals surface area contributed by atoms with Gasteiger partial charge in [0.05, 0.1) is 27.9 Å². The van der Waals surface area contributed by atoms with Crippen LogP contribution in [0.3, 0.4) is 0 Å². The fourth-order valence-corrected chi connectivity index (χ4v) is 11.1. The van der Waals surface area contributed by atoms with Crippen LogP contribution < -0.4 is 9.64 Å². The molecule has 2 aliphatic heterocycles. The minimum atomic E-state index is -0.426. The zero-order valence-electron chi connectivity index (χ0n) is 32.2. The molecule has 0 bridgehead atoms. The van der Waals surface area contributed by atoms with Crippen molar-refractivity contribution in [2.45, 2.75) is 43.7 Å². The molecule has 7 aromatic carbocycles. The summed E-state index contributed by atoms with van der Waals surface area (Å²) in [6, 6.07) is 60.3. The molecule has 0 N–H and O–H groups in total. The highest BCUT2D eigenvalue weighted by Gasteiger charge is 2.64. The molecule has 2 aliphatic carbocycles. The van der Waals surface area contributed by atoms with E-state index in [1.54, 1.807) is 0 Å². The van der Waals surface area contributed by atoms with E-state index < -0.39 is 5.54 Å².